The van der Waals surface area contributed by atoms with Gasteiger partial charge in [-0.2, -0.15) is 0 Å². The lowest BCUT2D eigenvalue weighted by molar-refractivity contribution is -0.116. The van der Waals surface area contributed by atoms with Crippen LogP contribution in [0.2, 0.25) is 6.32 Å². The van der Waals surface area contributed by atoms with Crippen molar-refractivity contribution in [3.05, 3.63) is 11.3 Å². The predicted octanol–water partition coefficient (Wildman–Crippen LogP) is 5.98. The molecule has 0 aromatic heterocycles. The van der Waals surface area contributed by atoms with E-state index in [4.69, 9.17) is 9.31 Å². The molecule has 29 heavy (non-hydrogen) atoms. The lowest BCUT2D eigenvalue weighted by Crippen LogP contribution is -2.53. The molecule has 5 fully saturated rings. The molecular formula is C25H41BO3. The van der Waals surface area contributed by atoms with Gasteiger partial charge in [0, 0.05) is 0 Å². The molecule has 5 rings (SSSR count). The van der Waals surface area contributed by atoms with Crippen molar-refractivity contribution in [2.45, 2.75) is 104 Å². The fraction of sp³-hybridized carbons (Fsp3) is 0.920. The standard InChI is InChI=1S/C25H41BO3/c1-4-5-14-26-28-16-23(29-26)22-9-8-20-19-7-6-17-15-18(27)10-12-24(17,2)21(19)11-13-25(20,22)3/h17-21,27H,4-16H2,1-3H3/b23-22+. The molecule has 0 amide bonds. The molecule has 1 heterocycles. The highest BCUT2D eigenvalue weighted by atomic mass is 16.6. The van der Waals surface area contributed by atoms with E-state index in [2.05, 4.69) is 20.8 Å². The van der Waals surface area contributed by atoms with Crippen molar-refractivity contribution in [3.63, 3.8) is 0 Å². The van der Waals surface area contributed by atoms with Crippen molar-refractivity contribution >= 4 is 7.12 Å². The summed E-state index contributed by atoms with van der Waals surface area (Å²) >= 11 is 0. The van der Waals surface area contributed by atoms with Crippen LogP contribution in [-0.2, 0) is 9.31 Å². The van der Waals surface area contributed by atoms with E-state index in [0.717, 1.165) is 42.8 Å². The van der Waals surface area contributed by atoms with Crippen molar-refractivity contribution in [2.24, 2.45) is 34.5 Å². The fourth-order valence-electron chi connectivity index (χ4n) is 8.57. The molecular weight excluding hydrogens is 359 g/mol. The number of rotatable bonds is 3. The lowest BCUT2D eigenvalue weighted by atomic mass is 9.45. The second-order valence-corrected chi connectivity index (χ2v) is 11.5. The predicted molar refractivity (Wildman–Crippen MR) is 117 cm³/mol. The Morgan fingerprint density at radius 2 is 1.93 bits per heavy atom. The van der Waals surface area contributed by atoms with Crippen molar-refractivity contribution in [1.29, 1.82) is 0 Å². The van der Waals surface area contributed by atoms with E-state index in [1.54, 1.807) is 5.57 Å². The fourth-order valence-corrected chi connectivity index (χ4v) is 8.57. The Balaban J connectivity index is 1.36. The monoisotopic (exact) mass is 400 g/mol. The molecule has 4 saturated carbocycles. The third kappa shape index (κ3) is 3.23. The highest BCUT2D eigenvalue weighted by Gasteiger charge is 2.59. The normalized spacial score (nSPS) is 49.4. The zero-order valence-corrected chi connectivity index (χ0v) is 18.9. The van der Waals surface area contributed by atoms with Crippen molar-refractivity contribution in [3.8, 4) is 0 Å². The van der Waals surface area contributed by atoms with Crippen molar-refractivity contribution in [2.75, 3.05) is 6.61 Å². The van der Waals surface area contributed by atoms with Crippen LogP contribution in [0, 0.1) is 34.5 Å². The average Bonchev–Trinajstić information content (AvgIpc) is 3.30. The maximum atomic E-state index is 10.2. The SMILES string of the molecule is CCCCB1OC/C(=C2/CCC3C4CCC5CC(O)CCC5(C)C4CCC23C)O1. The van der Waals surface area contributed by atoms with Gasteiger partial charge in [-0.3, -0.25) is 0 Å². The van der Waals surface area contributed by atoms with E-state index in [0.29, 0.717) is 17.4 Å². The average molecular weight is 400 g/mol. The van der Waals surface area contributed by atoms with Crippen LogP contribution in [0.15, 0.2) is 11.3 Å². The van der Waals surface area contributed by atoms with Crippen LogP contribution in [0.1, 0.15) is 91.4 Å². The van der Waals surface area contributed by atoms with E-state index < -0.39 is 0 Å². The summed E-state index contributed by atoms with van der Waals surface area (Å²) in [5, 5.41) is 10.2. The molecule has 162 valence electrons. The Bertz CT molecular complexity index is 662. The molecule has 5 aliphatic rings. The highest BCUT2D eigenvalue weighted by molar-refractivity contribution is 6.45. The molecule has 0 aromatic rings. The van der Waals surface area contributed by atoms with Gasteiger partial charge in [-0.05, 0) is 104 Å². The molecule has 0 aromatic carbocycles. The minimum atomic E-state index is -0.0403. The number of aliphatic hydroxyl groups excluding tert-OH is 1. The van der Waals surface area contributed by atoms with Crippen molar-refractivity contribution in [1.82, 2.24) is 0 Å². The smallest absolute Gasteiger partial charge is 0.525 e. The van der Waals surface area contributed by atoms with Gasteiger partial charge in [0.25, 0.3) is 0 Å². The van der Waals surface area contributed by atoms with Gasteiger partial charge in [0.1, 0.15) is 5.76 Å². The Labute approximate surface area is 178 Å². The van der Waals surface area contributed by atoms with E-state index >= 15 is 0 Å². The Morgan fingerprint density at radius 1 is 1.07 bits per heavy atom. The minimum Gasteiger partial charge on any atom is -0.537 e. The summed E-state index contributed by atoms with van der Waals surface area (Å²) in [5.74, 6) is 4.53. The van der Waals surface area contributed by atoms with Gasteiger partial charge in [0.05, 0.1) is 12.7 Å². The van der Waals surface area contributed by atoms with Gasteiger partial charge in [-0.25, -0.2) is 0 Å². The first-order valence-electron chi connectivity index (χ1n) is 12.6. The summed E-state index contributed by atoms with van der Waals surface area (Å²) in [6.07, 6.45) is 14.7. The second-order valence-electron chi connectivity index (χ2n) is 11.5. The quantitative estimate of drug-likeness (QED) is 0.593. The Morgan fingerprint density at radius 3 is 2.76 bits per heavy atom. The molecule has 0 bridgehead atoms. The lowest BCUT2D eigenvalue weighted by Gasteiger charge is -2.60. The first-order chi connectivity index (χ1) is 14.0. The van der Waals surface area contributed by atoms with E-state index in [1.165, 1.54) is 63.5 Å². The third-order valence-corrected chi connectivity index (χ3v) is 10.2. The van der Waals surface area contributed by atoms with Crippen LogP contribution in [0.25, 0.3) is 0 Å². The summed E-state index contributed by atoms with van der Waals surface area (Å²) in [4.78, 5) is 0. The maximum absolute atomic E-state index is 10.2. The molecule has 1 saturated heterocycles. The second kappa shape index (κ2) is 7.59. The Hall–Kier alpha value is -0.475. The highest BCUT2D eigenvalue weighted by Crippen LogP contribution is 2.67. The number of aliphatic hydroxyl groups is 1. The van der Waals surface area contributed by atoms with E-state index in [-0.39, 0.29) is 13.2 Å². The zero-order valence-electron chi connectivity index (χ0n) is 18.9. The van der Waals surface area contributed by atoms with Gasteiger partial charge in [0.2, 0.25) is 0 Å². The molecule has 0 radical (unpaired) electrons. The number of hydrogen-bond acceptors (Lipinski definition) is 3. The molecule has 3 nitrogen and oxygen atoms in total. The minimum absolute atomic E-state index is 0.000504. The molecule has 1 aliphatic heterocycles. The van der Waals surface area contributed by atoms with Crippen LogP contribution in [0.4, 0.5) is 0 Å². The number of fused-ring (bicyclic) bond motifs is 5. The molecule has 4 aliphatic carbocycles. The van der Waals surface area contributed by atoms with Gasteiger partial charge in [-0.1, -0.05) is 33.6 Å². The molecule has 7 unspecified atom stereocenters. The summed E-state index contributed by atoms with van der Waals surface area (Å²) in [5.41, 5.74) is 2.42. The number of allylic oxidation sites excluding steroid dienone is 1. The van der Waals surface area contributed by atoms with Crippen LogP contribution in [0.3, 0.4) is 0 Å². The van der Waals surface area contributed by atoms with Crippen molar-refractivity contribution < 1.29 is 14.4 Å². The summed E-state index contributed by atoms with van der Waals surface area (Å²) < 4.78 is 12.3. The van der Waals surface area contributed by atoms with Crippen LogP contribution < -0.4 is 0 Å². The van der Waals surface area contributed by atoms with Gasteiger partial charge in [-0.15, -0.1) is 0 Å². The van der Waals surface area contributed by atoms with E-state index in [1.807, 2.05) is 0 Å². The summed E-state index contributed by atoms with van der Waals surface area (Å²) in [7, 11) is -0.000504. The Kier molecular flexibility index (Phi) is 5.34. The molecule has 7 atom stereocenters. The first-order valence-corrected chi connectivity index (χ1v) is 12.6. The molecule has 0 spiro atoms. The number of hydrogen-bond donors (Lipinski definition) is 1. The van der Waals surface area contributed by atoms with Crippen LogP contribution >= 0.6 is 0 Å². The third-order valence-electron chi connectivity index (χ3n) is 10.2. The van der Waals surface area contributed by atoms with Crippen LogP contribution in [0.5, 0.6) is 0 Å². The largest absolute Gasteiger partial charge is 0.537 e. The zero-order chi connectivity index (χ0) is 20.2. The van der Waals surface area contributed by atoms with Gasteiger partial charge in [0.15, 0.2) is 0 Å². The van der Waals surface area contributed by atoms with Crippen LogP contribution in [-0.4, -0.2) is 24.9 Å². The maximum Gasteiger partial charge on any atom is 0.525 e. The topological polar surface area (TPSA) is 38.7 Å². The molecule has 4 heteroatoms. The number of unbranched alkanes of at least 4 members (excludes halogenated alkanes) is 1. The summed E-state index contributed by atoms with van der Waals surface area (Å²) in [6, 6.07) is 0. The van der Waals surface area contributed by atoms with E-state index in [9.17, 15) is 5.11 Å². The van der Waals surface area contributed by atoms with Gasteiger partial charge < -0.3 is 14.4 Å². The summed E-state index contributed by atoms with van der Waals surface area (Å²) in [6.45, 7) is 8.09. The first kappa shape index (κ1) is 20.4. The van der Waals surface area contributed by atoms with Gasteiger partial charge >= 0.3 is 7.12 Å². The molecule has 1 N–H and O–H groups in total.